The zero-order valence-electron chi connectivity index (χ0n) is 15.2. The van der Waals surface area contributed by atoms with Gasteiger partial charge in [-0.25, -0.2) is 4.98 Å². The maximum Gasteiger partial charge on any atom is 0.273 e. The fourth-order valence-electron chi connectivity index (χ4n) is 3.23. The molecule has 0 atom stereocenters. The van der Waals surface area contributed by atoms with Crippen molar-refractivity contribution >= 4 is 34.5 Å². The number of rotatable bonds is 5. The van der Waals surface area contributed by atoms with Gasteiger partial charge in [-0.3, -0.25) is 14.6 Å². The first kappa shape index (κ1) is 18.8. The largest absolute Gasteiger partial charge is 0.352 e. The topological polar surface area (TPSA) is 75.2 Å². The second kappa shape index (κ2) is 8.62. The van der Waals surface area contributed by atoms with Crippen LogP contribution < -0.4 is 5.32 Å². The third kappa shape index (κ3) is 4.28. The van der Waals surface area contributed by atoms with Gasteiger partial charge in [0.15, 0.2) is 0 Å². The molecule has 0 unspecified atom stereocenters. The Hall–Kier alpha value is -2.58. The number of thiazole rings is 1. The average molecular weight is 413 g/mol. The van der Waals surface area contributed by atoms with Gasteiger partial charge in [0.25, 0.3) is 5.91 Å². The number of piperidine rings is 1. The van der Waals surface area contributed by atoms with E-state index >= 15 is 0 Å². The minimum atomic E-state index is -0.0576. The molecule has 1 saturated heterocycles. The molecule has 1 N–H and O–H groups in total. The van der Waals surface area contributed by atoms with Crippen LogP contribution in [0.4, 0.5) is 0 Å². The highest BCUT2D eigenvalue weighted by molar-refractivity contribution is 7.20. The third-order valence-electron chi connectivity index (χ3n) is 4.80. The number of hydrogen-bond donors (Lipinski definition) is 1. The van der Waals surface area contributed by atoms with Crippen molar-refractivity contribution in [2.75, 3.05) is 13.1 Å². The molecule has 0 aliphatic carbocycles. The van der Waals surface area contributed by atoms with E-state index in [-0.39, 0.29) is 17.7 Å². The minimum absolute atomic E-state index is 0.0459. The Kier molecular flexibility index (Phi) is 5.78. The van der Waals surface area contributed by atoms with Crippen molar-refractivity contribution in [3.05, 3.63) is 58.7 Å². The lowest BCUT2D eigenvalue weighted by Gasteiger charge is -2.30. The molecule has 0 bridgehead atoms. The Labute approximate surface area is 171 Å². The van der Waals surface area contributed by atoms with Gasteiger partial charge in [-0.2, -0.15) is 0 Å². The number of nitrogens with zero attached hydrogens (tertiary/aromatic N) is 3. The zero-order valence-corrected chi connectivity index (χ0v) is 16.8. The monoisotopic (exact) mass is 412 g/mol. The van der Waals surface area contributed by atoms with Crippen LogP contribution in [0.5, 0.6) is 0 Å². The summed E-state index contributed by atoms with van der Waals surface area (Å²) in [6, 6.07) is 7.78. The van der Waals surface area contributed by atoms with Crippen molar-refractivity contribution in [2.24, 2.45) is 5.92 Å². The molecular weight excluding hydrogens is 392 g/mol. The van der Waals surface area contributed by atoms with E-state index < -0.39 is 0 Å². The number of pyridine rings is 1. The van der Waals surface area contributed by atoms with Crippen molar-refractivity contribution in [1.29, 1.82) is 0 Å². The molecule has 8 heteroatoms. The molecule has 0 radical (unpaired) electrons. The van der Waals surface area contributed by atoms with E-state index in [1.54, 1.807) is 28.6 Å². The summed E-state index contributed by atoms with van der Waals surface area (Å²) in [5.74, 6) is -0.0595. The summed E-state index contributed by atoms with van der Waals surface area (Å²) in [6.07, 6.45) is 4.81. The summed E-state index contributed by atoms with van der Waals surface area (Å²) in [4.78, 5) is 36.6. The van der Waals surface area contributed by atoms with Crippen LogP contribution in [0.3, 0.4) is 0 Å². The maximum absolute atomic E-state index is 12.7. The second-order valence-corrected chi connectivity index (χ2v) is 8.47. The number of thiophene rings is 1. The number of likely N-dealkylation sites (tertiary alicyclic amines) is 1. The van der Waals surface area contributed by atoms with Crippen LogP contribution >= 0.6 is 22.7 Å². The Morgan fingerprint density at radius 1 is 1.18 bits per heavy atom. The summed E-state index contributed by atoms with van der Waals surface area (Å²) >= 11 is 3.11. The highest BCUT2D eigenvalue weighted by atomic mass is 32.1. The van der Waals surface area contributed by atoms with Gasteiger partial charge in [-0.1, -0.05) is 12.1 Å². The quantitative estimate of drug-likeness (QED) is 0.697. The predicted octanol–water partition coefficient (Wildman–Crippen LogP) is 3.44. The van der Waals surface area contributed by atoms with E-state index in [0.29, 0.717) is 38.2 Å². The lowest BCUT2D eigenvalue weighted by atomic mass is 9.95. The van der Waals surface area contributed by atoms with Crippen LogP contribution in [0.2, 0.25) is 0 Å². The summed E-state index contributed by atoms with van der Waals surface area (Å²) in [6.45, 7) is 1.64. The van der Waals surface area contributed by atoms with Gasteiger partial charge in [0.2, 0.25) is 5.91 Å². The zero-order chi connectivity index (χ0) is 19.3. The third-order valence-corrected chi connectivity index (χ3v) is 6.68. The number of carbonyl (C=O) groups excluding carboxylic acids is 2. The first-order valence-corrected chi connectivity index (χ1v) is 10.9. The van der Waals surface area contributed by atoms with Crippen molar-refractivity contribution in [2.45, 2.75) is 19.4 Å². The summed E-state index contributed by atoms with van der Waals surface area (Å²) < 4.78 is 0. The molecule has 144 valence electrons. The Balaban J connectivity index is 1.29. The normalized spacial score (nSPS) is 14.8. The van der Waals surface area contributed by atoms with Gasteiger partial charge in [-0.15, -0.1) is 22.7 Å². The molecule has 1 fully saturated rings. The first-order valence-electron chi connectivity index (χ1n) is 9.16. The summed E-state index contributed by atoms with van der Waals surface area (Å²) in [5.41, 5.74) is 1.47. The second-order valence-electron chi connectivity index (χ2n) is 6.66. The SMILES string of the molecule is O=C(NCc1cccnc1)C1CCN(C(=O)c2csc(-c3cccs3)n2)CC1. The highest BCUT2D eigenvalue weighted by Gasteiger charge is 2.28. The molecule has 3 aromatic rings. The van der Waals surface area contributed by atoms with Crippen LogP contribution in [-0.4, -0.2) is 39.8 Å². The average Bonchev–Trinajstić information content (AvgIpc) is 3.44. The number of amides is 2. The van der Waals surface area contributed by atoms with Crippen LogP contribution in [0, 0.1) is 5.92 Å². The minimum Gasteiger partial charge on any atom is -0.352 e. The molecule has 1 aliphatic heterocycles. The van der Waals surface area contributed by atoms with Gasteiger partial charge in [-0.05, 0) is 35.9 Å². The van der Waals surface area contributed by atoms with Crippen LogP contribution in [0.25, 0.3) is 9.88 Å². The fourth-order valence-corrected chi connectivity index (χ4v) is 4.84. The lowest BCUT2D eigenvalue weighted by Crippen LogP contribution is -2.43. The van der Waals surface area contributed by atoms with Crippen LogP contribution in [0.15, 0.2) is 47.4 Å². The molecule has 4 heterocycles. The number of hydrogen-bond acceptors (Lipinski definition) is 6. The predicted molar refractivity (Wildman–Crippen MR) is 110 cm³/mol. The van der Waals surface area contributed by atoms with Crippen LogP contribution in [0.1, 0.15) is 28.9 Å². The van der Waals surface area contributed by atoms with Crippen LogP contribution in [-0.2, 0) is 11.3 Å². The van der Waals surface area contributed by atoms with Crippen molar-refractivity contribution < 1.29 is 9.59 Å². The van der Waals surface area contributed by atoms with E-state index in [0.717, 1.165) is 15.4 Å². The molecule has 6 nitrogen and oxygen atoms in total. The van der Waals surface area contributed by atoms with Gasteiger partial charge in [0, 0.05) is 43.3 Å². The Morgan fingerprint density at radius 3 is 2.75 bits per heavy atom. The smallest absolute Gasteiger partial charge is 0.273 e. The van der Waals surface area contributed by atoms with Crippen molar-refractivity contribution in [3.8, 4) is 9.88 Å². The van der Waals surface area contributed by atoms with Gasteiger partial charge < -0.3 is 10.2 Å². The number of nitrogens with one attached hydrogen (secondary N) is 1. The van der Waals surface area contributed by atoms with E-state index in [9.17, 15) is 9.59 Å². The molecule has 0 saturated carbocycles. The van der Waals surface area contributed by atoms with Crippen molar-refractivity contribution in [1.82, 2.24) is 20.2 Å². The Bertz CT molecular complexity index is 932. The molecule has 3 aromatic heterocycles. The number of carbonyl (C=O) groups is 2. The van der Waals surface area contributed by atoms with Gasteiger partial charge in [0.1, 0.15) is 10.7 Å². The van der Waals surface area contributed by atoms with E-state index in [2.05, 4.69) is 15.3 Å². The summed E-state index contributed by atoms with van der Waals surface area (Å²) in [5, 5.41) is 7.68. The standard InChI is InChI=1S/C20H20N4O2S2/c25-18(22-12-14-3-1-7-21-11-14)15-5-8-24(9-6-15)20(26)16-13-28-19(23-16)17-4-2-10-27-17/h1-4,7,10-11,13,15H,5-6,8-9,12H2,(H,22,25). The maximum atomic E-state index is 12.7. The van der Waals surface area contributed by atoms with Gasteiger partial charge in [0.05, 0.1) is 4.88 Å². The summed E-state index contributed by atoms with van der Waals surface area (Å²) in [7, 11) is 0. The van der Waals surface area contributed by atoms with E-state index in [1.165, 1.54) is 11.3 Å². The molecule has 0 spiro atoms. The molecule has 28 heavy (non-hydrogen) atoms. The molecule has 0 aromatic carbocycles. The molecular formula is C20H20N4O2S2. The van der Waals surface area contributed by atoms with E-state index in [1.807, 2.05) is 35.0 Å². The molecule has 1 aliphatic rings. The first-order chi connectivity index (χ1) is 13.7. The molecule has 4 rings (SSSR count). The number of aromatic nitrogens is 2. The van der Waals surface area contributed by atoms with Crippen molar-refractivity contribution in [3.63, 3.8) is 0 Å². The molecule has 2 amide bonds. The highest BCUT2D eigenvalue weighted by Crippen LogP contribution is 2.28. The lowest BCUT2D eigenvalue weighted by molar-refractivity contribution is -0.126. The van der Waals surface area contributed by atoms with E-state index in [4.69, 9.17) is 0 Å². The fraction of sp³-hybridized carbons (Fsp3) is 0.300. The Morgan fingerprint density at radius 2 is 2.04 bits per heavy atom. The van der Waals surface area contributed by atoms with Gasteiger partial charge >= 0.3 is 0 Å².